The summed E-state index contributed by atoms with van der Waals surface area (Å²) in [5.41, 5.74) is 5.46. The molecule has 162 valence electrons. The predicted octanol–water partition coefficient (Wildman–Crippen LogP) is 5.40. The molecular weight excluding hydrogens is 402 g/mol. The van der Waals surface area contributed by atoms with Gasteiger partial charge in [-0.05, 0) is 53.6 Å². The van der Waals surface area contributed by atoms with Gasteiger partial charge in [0.2, 0.25) is 0 Å². The van der Waals surface area contributed by atoms with Crippen LogP contribution in [0.25, 0.3) is 11.1 Å². The van der Waals surface area contributed by atoms with Gasteiger partial charge in [-0.3, -0.25) is 4.90 Å². The lowest BCUT2D eigenvalue weighted by Gasteiger charge is -2.46. The van der Waals surface area contributed by atoms with Crippen molar-refractivity contribution in [3.05, 3.63) is 95.1 Å². The molecule has 5 rings (SSSR count). The summed E-state index contributed by atoms with van der Waals surface area (Å²) in [7, 11) is 0. The first-order chi connectivity index (χ1) is 15.4. The van der Waals surface area contributed by atoms with Gasteiger partial charge in [-0.15, -0.1) is 0 Å². The van der Waals surface area contributed by atoms with Gasteiger partial charge in [0.1, 0.15) is 6.61 Å². The van der Waals surface area contributed by atoms with Gasteiger partial charge in [0.15, 0.2) is 6.04 Å². The number of fused-ring (bicyclic) bond motifs is 4. The molecule has 5 nitrogen and oxygen atoms in total. The maximum absolute atomic E-state index is 13.4. The van der Waals surface area contributed by atoms with Crippen LogP contribution < -0.4 is 0 Å². The van der Waals surface area contributed by atoms with Crippen molar-refractivity contribution in [3.63, 3.8) is 0 Å². The van der Waals surface area contributed by atoms with Crippen LogP contribution in [0, 0.1) is 0 Å². The van der Waals surface area contributed by atoms with Crippen molar-refractivity contribution in [3.8, 4) is 11.1 Å². The molecule has 1 N–H and O–H groups in total. The lowest BCUT2D eigenvalue weighted by molar-refractivity contribution is -0.146. The van der Waals surface area contributed by atoms with Gasteiger partial charge in [-0.2, -0.15) is 0 Å². The summed E-state index contributed by atoms with van der Waals surface area (Å²) in [6, 6.07) is 22.6. The highest BCUT2D eigenvalue weighted by Gasteiger charge is 2.47. The zero-order valence-corrected chi connectivity index (χ0v) is 18.1. The Balaban J connectivity index is 1.45. The van der Waals surface area contributed by atoms with Crippen LogP contribution >= 0.6 is 0 Å². The number of aliphatic carboxylic acids is 1. The predicted molar refractivity (Wildman–Crippen MR) is 122 cm³/mol. The summed E-state index contributed by atoms with van der Waals surface area (Å²) in [6.07, 6.45) is -0.0317. The maximum atomic E-state index is 13.4. The molecule has 0 aromatic heterocycles. The molecule has 5 heteroatoms. The van der Waals surface area contributed by atoms with E-state index in [-0.39, 0.29) is 12.5 Å². The Morgan fingerprint density at radius 2 is 1.44 bits per heavy atom. The number of hydrogen-bond acceptors (Lipinski definition) is 3. The van der Waals surface area contributed by atoms with E-state index in [4.69, 9.17) is 4.74 Å². The molecule has 1 amide bonds. The number of ether oxygens (including phenoxy) is 1. The van der Waals surface area contributed by atoms with E-state index in [2.05, 4.69) is 24.3 Å². The Morgan fingerprint density at radius 1 is 0.906 bits per heavy atom. The molecule has 2 aliphatic rings. The molecule has 0 bridgehead atoms. The van der Waals surface area contributed by atoms with Crippen molar-refractivity contribution < 1.29 is 19.4 Å². The SMILES string of the molecule is CC1(C)Cc2ccccc2C(C(=O)O)N1C(=O)OCC1c2ccccc2-c2ccccc21. The van der Waals surface area contributed by atoms with Crippen LogP contribution in [0.5, 0.6) is 0 Å². The first-order valence-electron chi connectivity index (χ1n) is 10.8. The Kier molecular flexibility index (Phi) is 4.77. The van der Waals surface area contributed by atoms with Crippen molar-refractivity contribution in [2.24, 2.45) is 0 Å². The highest BCUT2D eigenvalue weighted by molar-refractivity contribution is 5.84. The molecular formula is C27H25NO4. The first-order valence-corrected chi connectivity index (χ1v) is 10.8. The molecule has 32 heavy (non-hydrogen) atoms. The summed E-state index contributed by atoms with van der Waals surface area (Å²) in [5.74, 6) is -1.13. The summed E-state index contributed by atoms with van der Waals surface area (Å²) in [5, 5.41) is 10.0. The third-order valence-corrected chi connectivity index (χ3v) is 6.65. The molecule has 0 fully saturated rings. The van der Waals surface area contributed by atoms with Crippen LogP contribution in [-0.2, 0) is 16.0 Å². The van der Waals surface area contributed by atoms with E-state index in [0.29, 0.717) is 12.0 Å². The van der Waals surface area contributed by atoms with Crippen molar-refractivity contribution in [2.45, 2.75) is 37.8 Å². The van der Waals surface area contributed by atoms with Gasteiger partial charge in [-0.1, -0.05) is 72.8 Å². The lowest BCUT2D eigenvalue weighted by atomic mass is 9.81. The largest absolute Gasteiger partial charge is 0.479 e. The fourth-order valence-electron chi connectivity index (χ4n) is 5.26. The molecule has 1 unspecified atom stereocenters. The monoisotopic (exact) mass is 427 g/mol. The van der Waals surface area contributed by atoms with Crippen LogP contribution in [0.2, 0.25) is 0 Å². The van der Waals surface area contributed by atoms with Crippen molar-refractivity contribution in [2.75, 3.05) is 6.61 Å². The Hall–Kier alpha value is -3.60. The topological polar surface area (TPSA) is 66.8 Å². The van der Waals surface area contributed by atoms with Crippen molar-refractivity contribution in [1.29, 1.82) is 0 Å². The number of carboxylic acids is 1. The molecule has 3 aromatic rings. The van der Waals surface area contributed by atoms with E-state index >= 15 is 0 Å². The molecule has 0 spiro atoms. The molecule has 0 saturated carbocycles. The van der Waals surface area contributed by atoms with Crippen LogP contribution in [0.3, 0.4) is 0 Å². The van der Waals surface area contributed by atoms with E-state index in [1.807, 2.05) is 56.3 Å². The van der Waals surface area contributed by atoms with Crippen molar-refractivity contribution >= 4 is 12.1 Å². The minimum absolute atomic E-state index is 0.0742. The van der Waals surface area contributed by atoms with E-state index in [9.17, 15) is 14.7 Å². The normalized spacial score (nSPS) is 18.4. The maximum Gasteiger partial charge on any atom is 0.411 e. The fraction of sp³-hybridized carbons (Fsp3) is 0.259. The third-order valence-electron chi connectivity index (χ3n) is 6.65. The van der Waals surface area contributed by atoms with Gasteiger partial charge >= 0.3 is 12.1 Å². The number of carbonyl (C=O) groups is 2. The van der Waals surface area contributed by atoms with E-state index in [1.165, 1.54) is 4.90 Å². The van der Waals surface area contributed by atoms with Gasteiger partial charge in [0, 0.05) is 11.5 Å². The fourth-order valence-corrected chi connectivity index (χ4v) is 5.26. The van der Waals surface area contributed by atoms with Crippen molar-refractivity contribution in [1.82, 2.24) is 4.90 Å². The zero-order chi connectivity index (χ0) is 22.5. The van der Waals surface area contributed by atoms with Crippen LogP contribution in [-0.4, -0.2) is 34.2 Å². The minimum Gasteiger partial charge on any atom is -0.479 e. The molecule has 0 radical (unpaired) electrons. The van der Waals surface area contributed by atoms with Gasteiger partial charge < -0.3 is 9.84 Å². The molecule has 0 saturated heterocycles. The second kappa shape index (κ2) is 7.52. The third kappa shape index (κ3) is 3.16. The second-order valence-corrected chi connectivity index (χ2v) is 9.10. The Morgan fingerprint density at radius 3 is 2.03 bits per heavy atom. The molecule has 1 atom stereocenters. The average Bonchev–Trinajstić information content (AvgIpc) is 3.09. The van der Waals surface area contributed by atoms with Gasteiger partial charge in [0.05, 0.1) is 0 Å². The standard InChI is InChI=1S/C27H25NO4/c1-27(2)15-17-9-3-4-10-18(17)24(25(29)30)28(27)26(31)32-16-23-21-13-7-5-11-19(21)20-12-6-8-14-22(20)23/h3-14,23-24H,15-16H2,1-2H3,(H,29,30). The van der Waals surface area contributed by atoms with Crippen LogP contribution in [0.15, 0.2) is 72.8 Å². The molecule has 1 aliphatic carbocycles. The van der Waals surface area contributed by atoms with Crippen LogP contribution in [0.1, 0.15) is 48.1 Å². The second-order valence-electron chi connectivity index (χ2n) is 9.10. The number of hydrogen-bond donors (Lipinski definition) is 1. The number of carboxylic acid groups (broad SMARTS) is 1. The summed E-state index contributed by atoms with van der Waals surface area (Å²) >= 11 is 0. The molecule has 1 heterocycles. The number of nitrogens with zero attached hydrogens (tertiary/aromatic N) is 1. The summed E-state index contributed by atoms with van der Waals surface area (Å²) in [6.45, 7) is 3.94. The molecule has 3 aromatic carbocycles. The number of rotatable bonds is 3. The van der Waals surface area contributed by atoms with E-state index in [1.54, 1.807) is 6.07 Å². The summed E-state index contributed by atoms with van der Waals surface area (Å²) < 4.78 is 5.83. The zero-order valence-electron chi connectivity index (χ0n) is 18.1. The van der Waals surface area contributed by atoms with Gasteiger partial charge in [-0.25, -0.2) is 9.59 Å². The van der Waals surface area contributed by atoms with E-state index in [0.717, 1.165) is 27.8 Å². The van der Waals surface area contributed by atoms with Gasteiger partial charge in [0.25, 0.3) is 0 Å². The quantitative estimate of drug-likeness (QED) is 0.608. The lowest BCUT2D eigenvalue weighted by Crippen LogP contribution is -2.56. The number of amides is 1. The Bertz CT molecular complexity index is 1170. The Labute approximate surface area is 187 Å². The first kappa shape index (κ1) is 20.3. The minimum atomic E-state index is -1.08. The summed E-state index contributed by atoms with van der Waals surface area (Å²) in [4.78, 5) is 27.0. The smallest absolute Gasteiger partial charge is 0.411 e. The highest BCUT2D eigenvalue weighted by atomic mass is 16.6. The van der Waals surface area contributed by atoms with E-state index < -0.39 is 23.6 Å². The number of benzene rings is 3. The highest BCUT2D eigenvalue weighted by Crippen LogP contribution is 2.45. The average molecular weight is 428 g/mol. The number of carbonyl (C=O) groups excluding carboxylic acids is 1. The van der Waals surface area contributed by atoms with Crippen LogP contribution in [0.4, 0.5) is 4.79 Å². The molecule has 1 aliphatic heterocycles.